The van der Waals surface area contributed by atoms with Crippen LogP contribution in [0, 0.1) is 0 Å². The Hall–Kier alpha value is -3.15. The molecule has 0 aromatic heterocycles. The van der Waals surface area contributed by atoms with Crippen molar-refractivity contribution in [3.63, 3.8) is 0 Å². The number of methoxy groups -OCH3 is 1. The standard InChI is InChI=1S/C24H23ClF6N2O4/c1-4-37-22(35)33-13(2)7-19(18-6-5-17(25)11-20(18)33)32(21(34)36-3)12-14-8-15(23(26,27)28)10-16(9-14)24(29,30)31/h5-6,8-11,13,19H,4,7,12H2,1-3H3/t13-,19+/m1/s1. The summed E-state index contributed by atoms with van der Waals surface area (Å²) in [6, 6.07) is 4.19. The molecule has 0 fully saturated rings. The molecule has 37 heavy (non-hydrogen) atoms. The maximum atomic E-state index is 13.4. The highest BCUT2D eigenvalue weighted by molar-refractivity contribution is 6.31. The third kappa shape index (κ3) is 6.23. The molecule has 13 heteroatoms. The second-order valence-electron chi connectivity index (χ2n) is 8.38. The minimum absolute atomic E-state index is 0.0170. The Balaban J connectivity index is 2.12. The fourth-order valence-electron chi connectivity index (χ4n) is 4.29. The Morgan fingerprint density at radius 3 is 2.16 bits per heavy atom. The van der Waals surface area contributed by atoms with Crippen molar-refractivity contribution >= 4 is 29.5 Å². The Morgan fingerprint density at radius 2 is 1.65 bits per heavy atom. The first-order chi connectivity index (χ1) is 17.2. The van der Waals surface area contributed by atoms with Crippen molar-refractivity contribution in [1.29, 1.82) is 0 Å². The molecule has 2 aromatic carbocycles. The van der Waals surface area contributed by atoms with Gasteiger partial charge in [-0.2, -0.15) is 26.3 Å². The lowest BCUT2D eigenvalue weighted by Gasteiger charge is -2.42. The van der Waals surface area contributed by atoms with Gasteiger partial charge in [-0.05, 0) is 61.7 Å². The van der Waals surface area contributed by atoms with Gasteiger partial charge >= 0.3 is 24.5 Å². The normalized spacial score (nSPS) is 17.7. The van der Waals surface area contributed by atoms with Crippen LogP contribution in [0.2, 0.25) is 5.02 Å². The first-order valence-electron chi connectivity index (χ1n) is 11.1. The summed E-state index contributed by atoms with van der Waals surface area (Å²) in [7, 11) is 1.04. The molecule has 0 unspecified atom stereocenters. The highest BCUT2D eigenvalue weighted by Gasteiger charge is 2.41. The lowest BCUT2D eigenvalue weighted by Crippen LogP contribution is -2.47. The third-order valence-electron chi connectivity index (χ3n) is 5.87. The highest BCUT2D eigenvalue weighted by Crippen LogP contribution is 2.43. The molecule has 2 aromatic rings. The maximum Gasteiger partial charge on any atom is 0.416 e. The fourth-order valence-corrected chi connectivity index (χ4v) is 4.46. The van der Waals surface area contributed by atoms with Crippen LogP contribution < -0.4 is 4.90 Å². The molecule has 6 nitrogen and oxygen atoms in total. The van der Waals surface area contributed by atoms with Crippen molar-refractivity contribution in [1.82, 2.24) is 4.90 Å². The number of nitrogens with zero attached hydrogens (tertiary/aromatic N) is 2. The van der Waals surface area contributed by atoms with E-state index >= 15 is 0 Å². The molecule has 1 aliphatic heterocycles. The number of anilines is 1. The lowest BCUT2D eigenvalue weighted by atomic mass is 9.90. The molecule has 202 valence electrons. The van der Waals surface area contributed by atoms with Crippen molar-refractivity contribution in [2.75, 3.05) is 18.6 Å². The zero-order valence-corrected chi connectivity index (χ0v) is 20.7. The van der Waals surface area contributed by atoms with E-state index in [1.54, 1.807) is 13.8 Å². The number of carbonyl (C=O) groups excluding carboxylic acids is 2. The first kappa shape index (κ1) is 28.4. The number of hydrogen-bond acceptors (Lipinski definition) is 4. The number of benzene rings is 2. The van der Waals surface area contributed by atoms with Crippen molar-refractivity contribution in [3.05, 3.63) is 63.7 Å². The molecule has 1 heterocycles. The van der Waals surface area contributed by atoms with Gasteiger partial charge in [0.15, 0.2) is 0 Å². The average molecular weight is 553 g/mol. The summed E-state index contributed by atoms with van der Waals surface area (Å²) >= 11 is 6.14. The second-order valence-corrected chi connectivity index (χ2v) is 8.82. The topological polar surface area (TPSA) is 59.1 Å². The molecule has 0 radical (unpaired) electrons. The van der Waals surface area contributed by atoms with E-state index in [1.165, 1.54) is 23.1 Å². The molecule has 0 aliphatic carbocycles. The minimum atomic E-state index is -5.05. The van der Waals surface area contributed by atoms with E-state index < -0.39 is 59.9 Å². The number of carbonyl (C=O) groups is 2. The average Bonchev–Trinajstić information content (AvgIpc) is 2.80. The van der Waals surface area contributed by atoms with Crippen LogP contribution in [0.4, 0.5) is 41.6 Å². The summed E-state index contributed by atoms with van der Waals surface area (Å²) in [5.74, 6) is 0. The molecule has 1 aliphatic rings. The van der Waals surface area contributed by atoms with E-state index in [9.17, 15) is 35.9 Å². The SMILES string of the molecule is CCOC(=O)N1c2cc(Cl)ccc2[C@@H](N(Cc2cc(C(F)(F)F)cc(C(F)(F)F)c2)C(=O)OC)C[C@H]1C. The zero-order valence-electron chi connectivity index (χ0n) is 19.9. The van der Waals surface area contributed by atoms with Crippen LogP contribution in [-0.4, -0.2) is 36.8 Å². The van der Waals surface area contributed by atoms with Crippen molar-refractivity contribution in [2.45, 2.75) is 51.2 Å². The Labute approximate surface area is 213 Å². The molecule has 0 saturated heterocycles. The maximum absolute atomic E-state index is 13.4. The van der Waals surface area contributed by atoms with Gasteiger partial charge in [-0.3, -0.25) is 9.80 Å². The van der Waals surface area contributed by atoms with Crippen LogP contribution in [0.5, 0.6) is 0 Å². The molecular formula is C24H23ClF6N2O4. The molecule has 0 N–H and O–H groups in total. The van der Waals surface area contributed by atoms with Gasteiger partial charge in [0.25, 0.3) is 0 Å². The zero-order chi connectivity index (χ0) is 27.7. The van der Waals surface area contributed by atoms with Crippen LogP contribution in [0.1, 0.15) is 48.6 Å². The minimum Gasteiger partial charge on any atom is -0.453 e. The molecule has 2 amide bonds. The van der Waals surface area contributed by atoms with Crippen LogP contribution in [0.3, 0.4) is 0 Å². The van der Waals surface area contributed by atoms with E-state index in [2.05, 4.69) is 0 Å². The van der Waals surface area contributed by atoms with E-state index in [1.807, 2.05) is 0 Å². The number of alkyl halides is 6. The number of rotatable bonds is 4. The molecule has 3 rings (SSSR count). The van der Waals surface area contributed by atoms with Gasteiger partial charge in [0.1, 0.15) is 0 Å². The summed E-state index contributed by atoms with van der Waals surface area (Å²) in [6.07, 6.45) is -11.7. The number of ether oxygens (including phenoxy) is 2. The fraction of sp³-hybridized carbons (Fsp3) is 0.417. The van der Waals surface area contributed by atoms with Gasteiger partial charge in [0, 0.05) is 17.6 Å². The first-order valence-corrected chi connectivity index (χ1v) is 11.4. The molecule has 0 spiro atoms. The summed E-state index contributed by atoms with van der Waals surface area (Å²) < 4.78 is 90.3. The van der Waals surface area contributed by atoms with Crippen molar-refractivity contribution in [2.24, 2.45) is 0 Å². The Bertz CT molecular complexity index is 1140. The molecule has 0 saturated carbocycles. The second kappa shape index (κ2) is 10.7. The Morgan fingerprint density at radius 1 is 1.05 bits per heavy atom. The molecule has 2 atom stereocenters. The van der Waals surface area contributed by atoms with Crippen molar-refractivity contribution in [3.8, 4) is 0 Å². The summed E-state index contributed by atoms with van der Waals surface area (Å²) in [4.78, 5) is 27.8. The summed E-state index contributed by atoms with van der Waals surface area (Å²) in [5, 5.41) is 0.262. The number of amides is 2. The van der Waals surface area contributed by atoms with Crippen LogP contribution in [0.25, 0.3) is 0 Å². The predicted molar refractivity (Wildman–Crippen MR) is 122 cm³/mol. The van der Waals surface area contributed by atoms with Crippen molar-refractivity contribution < 1.29 is 45.4 Å². The number of halogens is 7. The van der Waals surface area contributed by atoms with Crippen LogP contribution >= 0.6 is 11.6 Å². The number of hydrogen-bond donors (Lipinski definition) is 0. The van der Waals surface area contributed by atoms with Gasteiger partial charge in [-0.25, -0.2) is 9.59 Å². The number of fused-ring (bicyclic) bond motifs is 1. The van der Waals surface area contributed by atoms with Crippen LogP contribution in [0.15, 0.2) is 36.4 Å². The predicted octanol–water partition coefficient (Wildman–Crippen LogP) is 7.44. The highest BCUT2D eigenvalue weighted by atomic mass is 35.5. The van der Waals surface area contributed by atoms with E-state index in [0.717, 1.165) is 12.0 Å². The third-order valence-corrected chi connectivity index (χ3v) is 6.10. The summed E-state index contributed by atoms with van der Waals surface area (Å²) in [5.41, 5.74) is -2.71. The van der Waals surface area contributed by atoms with Gasteiger partial charge < -0.3 is 9.47 Å². The molecule has 0 bridgehead atoms. The van der Waals surface area contributed by atoms with E-state index in [-0.39, 0.29) is 24.1 Å². The van der Waals surface area contributed by atoms with Gasteiger partial charge in [0.05, 0.1) is 36.6 Å². The smallest absolute Gasteiger partial charge is 0.416 e. The van der Waals surface area contributed by atoms with E-state index in [0.29, 0.717) is 23.4 Å². The lowest BCUT2D eigenvalue weighted by molar-refractivity contribution is -0.143. The monoisotopic (exact) mass is 552 g/mol. The quantitative estimate of drug-likeness (QED) is 0.370. The van der Waals surface area contributed by atoms with Crippen LogP contribution in [-0.2, 0) is 28.4 Å². The molecular weight excluding hydrogens is 530 g/mol. The van der Waals surface area contributed by atoms with Gasteiger partial charge in [0.2, 0.25) is 0 Å². The Kier molecular flexibility index (Phi) is 8.21. The largest absolute Gasteiger partial charge is 0.453 e. The van der Waals surface area contributed by atoms with E-state index in [4.69, 9.17) is 21.1 Å². The van der Waals surface area contributed by atoms with Gasteiger partial charge in [-0.15, -0.1) is 0 Å². The summed E-state index contributed by atoms with van der Waals surface area (Å²) in [6.45, 7) is 2.75. The van der Waals surface area contributed by atoms with Gasteiger partial charge in [-0.1, -0.05) is 17.7 Å².